The van der Waals surface area contributed by atoms with Crippen LogP contribution in [0.25, 0.3) is 0 Å². The Balaban J connectivity index is 2.38. The van der Waals surface area contributed by atoms with E-state index in [4.69, 9.17) is 0 Å². The highest BCUT2D eigenvalue weighted by Gasteiger charge is 1.97. The van der Waals surface area contributed by atoms with Crippen molar-refractivity contribution >= 4 is 6.03 Å². The van der Waals surface area contributed by atoms with E-state index in [2.05, 4.69) is 15.6 Å². The molecule has 0 aliphatic carbocycles. The minimum atomic E-state index is -0.168. The number of H-pyrrole nitrogens is 1. The highest BCUT2D eigenvalue weighted by molar-refractivity contribution is 5.73. The molecule has 1 aromatic heterocycles. The van der Waals surface area contributed by atoms with E-state index >= 15 is 0 Å². The lowest BCUT2D eigenvalue weighted by Gasteiger charge is -2.01. The number of urea groups is 1. The first kappa shape index (κ1) is 8.52. The van der Waals surface area contributed by atoms with E-state index in [-0.39, 0.29) is 6.03 Å². The summed E-state index contributed by atoms with van der Waals surface area (Å²) in [6, 6.07) is 3.66. The largest absolute Gasteiger partial charge is 0.341 e. The van der Waals surface area contributed by atoms with Crippen LogP contribution in [-0.4, -0.2) is 13.1 Å². The Bertz CT molecular complexity index is 248. The number of carbonyl (C=O) groups excluding carboxylic acids is 1. The molecule has 3 N–H and O–H groups in total. The number of amides is 2. The molecule has 0 aliphatic heterocycles. The SMILES string of the molecule is CNC(=O)NCc1ccc[nH+]c1. The van der Waals surface area contributed by atoms with Gasteiger partial charge in [0.15, 0.2) is 12.4 Å². The zero-order chi connectivity index (χ0) is 8.81. The van der Waals surface area contributed by atoms with Crippen LogP contribution in [0.2, 0.25) is 0 Å². The minimum absolute atomic E-state index is 0.168. The summed E-state index contributed by atoms with van der Waals surface area (Å²) in [4.78, 5) is 13.7. The van der Waals surface area contributed by atoms with E-state index in [0.717, 1.165) is 5.56 Å². The number of hydrogen-bond donors (Lipinski definition) is 2. The molecule has 0 aliphatic rings. The fourth-order valence-corrected chi connectivity index (χ4v) is 0.811. The van der Waals surface area contributed by atoms with Crippen molar-refractivity contribution in [2.45, 2.75) is 6.54 Å². The van der Waals surface area contributed by atoms with Gasteiger partial charge in [-0.2, -0.15) is 0 Å². The molecular weight excluding hydrogens is 154 g/mol. The monoisotopic (exact) mass is 166 g/mol. The van der Waals surface area contributed by atoms with Crippen molar-refractivity contribution in [3.63, 3.8) is 0 Å². The molecule has 4 heteroatoms. The molecule has 0 bridgehead atoms. The first-order valence-electron chi connectivity index (χ1n) is 3.73. The standard InChI is InChI=1S/C8H11N3O/c1-9-8(12)11-6-7-3-2-4-10-5-7/h2-5H,6H2,1H3,(H2,9,11,12)/p+1. The number of pyridine rings is 1. The molecule has 0 aromatic carbocycles. The second-order valence-corrected chi connectivity index (χ2v) is 2.34. The Hall–Kier alpha value is -1.58. The van der Waals surface area contributed by atoms with Gasteiger partial charge in [-0.25, -0.2) is 9.78 Å². The summed E-state index contributed by atoms with van der Waals surface area (Å²) < 4.78 is 0. The second-order valence-electron chi connectivity index (χ2n) is 2.34. The van der Waals surface area contributed by atoms with E-state index < -0.39 is 0 Å². The summed E-state index contributed by atoms with van der Waals surface area (Å²) in [5.41, 5.74) is 1.04. The number of aromatic nitrogens is 1. The van der Waals surface area contributed by atoms with Crippen molar-refractivity contribution in [1.29, 1.82) is 0 Å². The normalized spacial score (nSPS) is 9.08. The maximum Gasteiger partial charge on any atom is 0.314 e. The van der Waals surface area contributed by atoms with Crippen molar-refractivity contribution in [1.82, 2.24) is 10.6 Å². The number of aromatic amines is 1. The maximum absolute atomic E-state index is 10.8. The van der Waals surface area contributed by atoms with E-state index in [9.17, 15) is 4.79 Å². The van der Waals surface area contributed by atoms with Crippen molar-refractivity contribution in [2.75, 3.05) is 7.05 Å². The Morgan fingerprint density at radius 1 is 1.67 bits per heavy atom. The quantitative estimate of drug-likeness (QED) is 0.635. The molecule has 1 aromatic rings. The fraction of sp³-hybridized carbons (Fsp3) is 0.250. The Morgan fingerprint density at radius 2 is 2.50 bits per heavy atom. The van der Waals surface area contributed by atoms with Gasteiger partial charge in [0.25, 0.3) is 0 Å². The third kappa shape index (κ3) is 2.57. The van der Waals surface area contributed by atoms with Crippen molar-refractivity contribution < 1.29 is 9.78 Å². The molecule has 0 saturated carbocycles. The molecule has 64 valence electrons. The zero-order valence-electron chi connectivity index (χ0n) is 6.92. The lowest BCUT2D eigenvalue weighted by atomic mass is 10.3. The van der Waals surface area contributed by atoms with E-state index in [1.807, 2.05) is 24.5 Å². The first-order chi connectivity index (χ1) is 5.83. The van der Waals surface area contributed by atoms with Crippen molar-refractivity contribution in [3.05, 3.63) is 30.1 Å². The lowest BCUT2D eigenvalue weighted by molar-refractivity contribution is -0.378. The number of nitrogens with one attached hydrogen (secondary N) is 3. The molecule has 0 fully saturated rings. The van der Waals surface area contributed by atoms with Crippen LogP contribution in [0, 0.1) is 0 Å². The van der Waals surface area contributed by atoms with Crippen molar-refractivity contribution in [3.8, 4) is 0 Å². The molecule has 1 rings (SSSR count). The van der Waals surface area contributed by atoms with Crippen LogP contribution in [-0.2, 0) is 6.54 Å². The summed E-state index contributed by atoms with van der Waals surface area (Å²) >= 11 is 0. The molecule has 0 spiro atoms. The van der Waals surface area contributed by atoms with Crippen LogP contribution >= 0.6 is 0 Å². The van der Waals surface area contributed by atoms with Gasteiger partial charge in [-0.3, -0.25) is 0 Å². The van der Waals surface area contributed by atoms with Gasteiger partial charge in [-0.05, 0) is 6.07 Å². The summed E-state index contributed by atoms with van der Waals surface area (Å²) in [5, 5.41) is 5.15. The summed E-state index contributed by atoms with van der Waals surface area (Å²) in [7, 11) is 1.59. The predicted octanol–water partition coefficient (Wildman–Crippen LogP) is -0.0703. The Morgan fingerprint density at radius 3 is 3.08 bits per heavy atom. The van der Waals surface area contributed by atoms with Crippen LogP contribution < -0.4 is 15.6 Å². The molecule has 4 nitrogen and oxygen atoms in total. The molecule has 0 atom stereocenters. The molecule has 0 unspecified atom stereocenters. The molecule has 12 heavy (non-hydrogen) atoms. The van der Waals surface area contributed by atoms with Crippen LogP contribution in [0.5, 0.6) is 0 Å². The topological polar surface area (TPSA) is 55.3 Å². The second kappa shape index (κ2) is 4.33. The van der Waals surface area contributed by atoms with Crippen LogP contribution in [0.15, 0.2) is 24.5 Å². The zero-order valence-corrected chi connectivity index (χ0v) is 6.92. The van der Waals surface area contributed by atoms with Crippen molar-refractivity contribution in [2.24, 2.45) is 0 Å². The predicted molar refractivity (Wildman–Crippen MR) is 44.3 cm³/mol. The van der Waals surface area contributed by atoms with Crippen LogP contribution in [0.4, 0.5) is 4.79 Å². The van der Waals surface area contributed by atoms with Crippen LogP contribution in [0.1, 0.15) is 5.56 Å². The third-order valence-corrected chi connectivity index (χ3v) is 1.45. The number of carbonyl (C=O) groups is 1. The first-order valence-corrected chi connectivity index (χ1v) is 3.73. The number of rotatable bonds is 2. The van der Waals surface area contributed by atoms with Gasteiger partial charge in [0, 0.05) is 18.7 Å². The molecule has 0 saturated heterocycles. The van der Waals surface area contributed by atoms with Gasteiger partial charge in [0.1, 0.15) is 0 Å². The molecular formula is C8H12N3O+. The van der Waals surface area contributed by atoms with Gasteiger partial charge >= 0.3 is 6.03 Å². The highest BCUT2D eigenvalue weighted by atomic mass is 16.2. The lowest BCUT2D eigenvalue weighted by Crippen LogP contribution is -2.32. The molecule has 1 heterocycles. The maximum atomic E-state index is 10.8. The van der Waals surface area contributed by atoms with Gasteiger partial charge in [-0.15, -0.1) is 0 Å². The third-order valence-electron chi connectivity index (χ3n) is 1.45. The smallest absolute Gasteiger partial charge is 0.314 e. The van der Waals surface area contributed by atoms with Gasteiger partial charge < -0.3 is 10.6 Å². The van der Waals surface area contributed by atoms with E-state index in [1.165, 1.54) is 0 Å². The highest BCUT2D eigenvalue weighted by Crippen LogP contribution is 1.90. The Kier molecular flexibility index (Phi) is 3.07. The average molecular weight is 166 g/mol. The van der Waals surface area contributed by atoms with Gasteiger partial charge in [0.2, 0.25) is 0 Å². The van der Waals surface area contributed by atoms with Gasteiger partial charge in [-0.1, -0.05) is 0 Å². The minimum Gasteiger partial charge on any atom is -0.341 e. The summed E-state index contributed by atoms with van der Waals surface area (Å²) in [6.45, 7) is 0.539. The van der Waals surface area contributed by atoms with Gasteiger partial charge in [0.05, 0.1) is 6.54 Å². The molecule has 0 radical (unpaired) electrons. The van der Waals surface area contributed by atoms with E-state index in [0.29, 0.717) is 6.54 Å². The number of hydrogen-bond acceptors (Lipinski definition) is 1. The summed E-state index contributed by atoms with van der Waals surface area (Å²) in [5.74, 6) is 0. The Labute approximate surface area is 71.0 Å². The van der Waals surface area contributed by atoms with E-state index in [1.54, 1.807) is 7.05 Å². The summed E-state index contributed by atoms with van der Waals surface area (Å²) in [6.07, 6.45) is 3.67. The average Bonchev–Trinajstić information content (AvgIpc) is 2.16. The molecule has 2 amide bonds. The van der Waals surface area contributed by atoms with Crippen LogP contribution in [0.3, 0.4) is 0 Å². The fourth-order valence-electron chi connectivity index (χ4n) is 0.811.